The smallest absolute Gasteiger partial charge is 0.246 e. The molecule has 1 amide bonds. The molecule has 0 heterocycles. The van der Waals surface area contributed by atoms with Crippen LogP contribution in [0.1, 0.15) is 6.42 Å². The summed E-state index contributed by atoms with van der Waals surface area (Å²) in [5.41, 5.74) is 2.21. The van der Waals surface area contributed by atoms with Crippen LogP contribution in [-0.4, -0.2) is 19.6 Å². The Morgan fingerprint density at radius 1 is 1.36 bits per heavy atom. The maximum Gasteiger partial charge on any atom is 0.246 e. The quantitative estimate of drug-likeness (QED) is 0.716. The Morgan fingerprint density at radius 3 is 2.71 bits per heavy atom. The Morgan fingerprint density at radius 2 is 2.07 bits per heavy atom. The normalized spacial score (nSPS) is 9.50. The third kappa shape index (κ3) is 3.91. The minimum Gasteiger partial charge on any atom is -0.493 e. The van der Waals surface area contributed by atoms with Crippen LogP contribution in [0.4, 0.5) is 0 Å². The van der Waals surface area contributed by atoms with Gasteiger partial charge in [0.05, 0.1) is 20.1 Å². The van der Waals surface area contributed by atoms with Crippen molar-refractivity contribution in [1.29, 1.82) is 0 Å². The fourth-order valence-electron chi connectivity index (χ4n) is 0.943. The van der Waals surface area contributed by atoms with Crippen molar-refractivity contribution in [2.45, 2.75) is 6.42 Å². The summed E-state index contributed by atoms with van der Waals surface area (Å²) in [5.74, 6) is 0.571. The summed E-state index contributed by atoms with van der Waals surface area (Å²) in [6.45, 7) is 0.346. The predicted molar refractivity (Wildman–Crippen MR) is 51.7 cm³/mol. The summed E-state index contributed by atoms with van der Waals surface area (Å²) >= 11 is 0. The second-order valence-electron chi connectivity index (χ2n) is 2.64. The molecule has 0 aliphatic rings. The molecule has 0 saturated heterocycles. The van der Waals surface area contributed by atoms with E-state index in [0.29, 0.717) is 6.61 Å². The number of ether oxygens (including phenoxy) is 1. The molecule has 1 aromatic rings. The Bertz CT molecular complexity index is 274. The molecule has 1 N–H and O–H groups in total. The predicted octanol–water partition coefficient (Wildman–Crippen LogP) is 1.13. The number of carbonyl (C=O) groups excluding carboxylic acids is 1. The lowest BCUT2D eigenvalue weighted by molar-refractivity contribution is -0.131. The summed E-state index contributed by atoms with van der Waals surface area (Å²) in [6, 6.07) is 9.35. The highest BCUT2D eigenvalue weighted by molar-refractivity contribution is 5.74. The first kappa shape index (κ1) is 10.5. The van der Waals surface area contributed by atoms with Gasteiger partial charge in [-0.15, -0.1) is 0 Å². The summed E-state index contributed by atoms with van der Waals surface area (Å²) in [7, 11) is 1.40. The van der Waals surface area contributed by atoms with Crippen LogP contribution in [-0.2, 0) is 9.63 Å². The summed E-state index contributed by atoms with van der Waals surface area (Å²) in [4.78, 5) is 15.4. The monoisotopic (exact) mass is 195 g/mol. The largest absolute Gasteiger partial charge is 0.493 e. The van der Waals surface area contributed by atoms with E-state index in [9.17, 15) is 4.79 Å². The van der Waals surface area contributed by atoms with Crippen LogP contribution in [0.5, 0.6) is 5.75 Å². The molecule has 14 heavy (non-hydrogen) atoms. The molecule has 1 aromatic carbocycles. The molecule has 0 spiro atoms. The van der Waals surface area contributed by atoms with Gasteiger partial charge in [0, 0.05) is 0 Å². The molecule has 0 aliphatic carbocycles. The molecule has 0 bridgehead atoms. The molecule has 0 aromatic heterocycles. The van der Waals surface area contributed by atoms with Gasteiger partial charge in [0.15, 0.2) is 0 Å². The Kier molecular flexibility index (Phi) is 4.50. The van der Waals surface area contributed by atoms with Crippen molar-refractivity contribution < 1.29 is 14.4 Å². The van der Waals surface area contributed by atoms with Crippen LogP contribution in [0.15, 0.2) is 30.3 Å². The van der Waals surface area contributed by atoms with E-state index in [1.165, 1.54) is 7.11 Å². The summed E-state index contributed by atoms with van der Waals surface area (Å²) in [5, 5.41) is 0. The average Bonchev–Trinajstić information content (AvgIpc) is 2.20. The maximum atomic E-state index is 10.9. The van der Waals surface area contributed by atoms with E-state index >= 15 is 0 Å². The zero-order valence-corrected chi connectivity index (χ0v) is 8.03. The van der Waals surface area contributed by atoms with Gasteiger partial charge in [-0.05, 0) is 12.1 Å². The number of hydrogen-bond donors (Lipinski definition) is 1. The number of benzene rings is 1. The molecule has 0 fully saturated rings. The van der Waals surface area contributed by atoms with Crippen molar-refractivity contribution in [2.24, 2.45) is 0 Å². The molecular formula is C10H13NO3. The van der Waals surface area contributed by atoms with E-state index < -0.39 is 0 Å². The SMILES string of the molecule is CONC(=O)CCOc1ccccc1. The van der Waals surface area contributed by atoms with Gasteiger partial charge >= 0.3 is 0 Å². The lowest BCUT2D eigenvalue weighted by Gasteiger charge is -2.05. The molecule has 0 aliphatic heterocycles. The second-order valence-corrected chi connectivity index (χ2v) is 2.64. The molecule has 0 atom stereocenters. The van der Waals surface area contributed by atoms with E-state index in [4.69, 9.17) is 4.74 Å². The number of hydroxylamine groups is 1. The van der Waals surface area contributed by atoms with Crippen LogP contribution < -0.4 is 10.2 Å². The van der Waals surface area contributed by atoms with Crippen LogP contribution in [0.3, 0.4) is 0 Å². The molecule has 4 heteroatoms. The van der Waals surface area contributed by atoms with Gasteiger partial charge in [0.1, 0.15) is 5.75 Å². The van der Waals surface area contributed by atoms with Crippen LogP contribution >= 0.6 is 0 Å². The van der Waals surface area contributed by atoms with E-state index in [1.807, 2.05) is 30.3 Å². The van der Waals surface area contributed by atoms with Crippen LogP contribution in [0, 0.1) is 0 Å². The molecule has 0 radical (unpaired) electrons. The minimum absolute atomic E-state index is 0.191. The molecular weight excluding hydrogens is 182 g/mol. The Hall–Kier alpha value is -1.55. The Labute approximate surface area is 82.8 Å². The third-order valence-corrected chi connectivity index (χ3v) is 1.56. The van der Waals surface area contributed by atoms with E-state index in [0.717, 1.165) is 5.75 Å². The zero-order chi connectivity index (χ0) is 10.2. The van der Waals surface area contributed by atoms with Crippen molar-refractivity contribution in [3.05, 3.63) is 30.3 Å². The van der Waals surface area contributed by atoms with Crippen molar-refractivity contribution in [2.75, 3.05) is 13.7 Å². The standard InChI is InChI=1S/C10H13NO3/c1-13-11-10(12)7-8-14-9-5-3-2-4-6-9/h2-6H,7-8H2,1H3,(H,11,12). The van der Waals surface area contributed by atoms with Crippen molar-refractivity contribution in [1.82, 2.24) is 5.48 Å². The maximum absolute atomic E-state index is 10.9. The highest BCUT2D eigenvalue weighted by Crippen LogP contribution is 2.08. The fraction of sp³-hybridized carbons (Fsp3) is 0.300. The topological polar surface area (TPSA) is 47.6 Å². The number of rotatable bonds is 5. The second kappa shape index (κ2) is 5.99. The number of hydrogen-bond acceptors (Lipinski definition) is 3. The highest BCUT2D eigenvalue weighted by atomic mass is 16.6. The lowest BCUT2D eigenvalue weighted by Crippen LogP contribution is -2.23. The molecule has 0 unspecified atom stereocenters. The van der Waals surface area contributed by atoms with Crippen molar-refractivity contribution >= 4 is 5.91 Å². The van der Waals surface area contributed by atoms with Gasteiger partial charge in [-0.2, -0.15) is 0 Å². The van der Waals surface area contributed by atoms with Gasteiger partial charge < -0.3 is 4.74 Å². The minimum atomic E-state index is -0.191. The number of nitrogens with one attached hydrogen (secondary N) is 1. The average molecular weight is 195 g/mol. The first-order valence-corrected chi connectivity index (χ1v) is 4.32. The molecule has 1 rings (SSSR count). The van der Waals surface area contributed by atoms with Gasteiger partial charge in [-0.1, -0.05) is 18.2 Å². The first-order chi connectivity index (χ1) is 6.83. The van der Waals surface area contributed by atoms with Crippen molar-refractivity contribution in [3.8, 4) is 5.75 Å². The van der Waals surface area contributed by atoms with E-state index in [1.54, 1.807) is 0 Å². The van der Waals surface area contributed by atoms with Crippen LogP contribution in [0.25, 0.3) is 0 Å². The van der Waals surface area contributed by atoms with Gasteiger partial charge in [-0.3, -0.25) is 9.63 Å². The first-order valence-electron chi connectivity index (χ1n) is 4.32. The summed E-state index contributed by atoms with van der Waals surface area (Å²) in [6.07, 6.45) is 0.280. The van der Waals surface area contributed by atoms with Gasteiger partial charge in [0.2, 0.25) is 5.91 Å². The van der Waals surface area contributed by atoms with E-state index in [-0.39, 0.29) is 12.3 Å². The fourth-order valence-corrected chi connectivity index (χ4v) is 0.943. The molecule has 4 nitrogen and oxygen atoms in total. The van der Waals surface area contributed by atoms with Crippen molar-refractivity contribution in [3.63, 3.8) is 0 Å². The summed E-state index contributed by atoms with van der Waals surface area (Å²) < 4.78 is 5.31. The van der Waals surface area contributed by atoms with Gasteiger partial charge in [0.25, 0.3) is 0 Å². The number of carbonyl (C=O) groups is 1. The third-order valence-electron chi connectivity index (χ3n) is 1.56. The highest BCUT2D eigenvalue weighted by Gasteiger charge is 1.99. The lowest BCUT2D eigenvalue weighted by atomic mass is 10.3. The number of para-hydroxylation sites is 1. The van der Waals surface area contributed by atoms with Gasteiger partial charge in [-0.25, -0.2) is 5.48 Å². The van der Waals surface area contributed by atoms with E-state index in [2.05, 4.69) is 10.3 Å². The molecule has 76 valence electrons. The number of amides is 1. The molecule has 0 saturated carbocycles. The Balaban J connectivity index is 2.19. The van der Waals surface area contributed by atoms with Crippen LogP contribution in [0.2, 0.25) is 0 Å². The zero-order valence-electron chi connectivity index (χ0n) is 8.03.